The number of fused-ring (bicyclic) bond motifs is 1. The Kier molecular flexibility index (Phi) is 4.13. The molecule has 2 fully saturated rings. The summed E-state index contributed by atoms with van der Waals surface area (Å²) in [4.78, 5) is 23.4. The Morgan fingerprint density at radius 2 is 2.11 bits per heavy atom. The quantitative estimate of drug-likeness (QED) is 0.696. The molecule has 5 rings (SSSR count). The van der Waals surface area contributed by atoms with E-state index in [1.807, 2.05) is 63.7 Å². The highest BCUT2D eigenvalue weighted by molar-refractivity contribution is 8.01. The minimum absolute atomic E-state index is 0.0535. The fourth-order valence-corrected chi connectivity index (χ4v) is 5.41. The van der Waals surface area contributed by atoms with Gasteiger partial charge in [0.15, 0.2) is 0 Å². The number of rotatable bonds is 4. The molecule has 2 aliphatic heterocycles. The molecular weight excluding hydrogens is 360 g/mol. The van der Waals surface area contributed by atoms with E-state index in [0.717, 1.165) is 36.6 Å². The van der Waals surface area contributed by atoms with Gasteiger partial charge in [0.2, 0.25) is 0 Å². The van der Waals surface area contributed by atoms with Crippen LogP contribution in [0.4, 0.5) is 0 Å². The largest absolute Gasteiger partial charge is 0.371 e. The third-order valence-corrected chi connectivity index (χ3v) is 6.83. The maximum absolute atomic E-state index is 12.9. The molecule has 1 amide bonds. The molecule has 0 aromatic carbocycles. The van der Waals surface area contributed by atoms with Crippen molar-refractivity contribution in [2.24, 2.45) is 0 Å². The third-order valence-electron chi connectivity index (χ3n) is 5.25. The van der Waals surface area contributed by atoms with E-state index < -0.39 is 0 Å². The van der Waals surface area contributed by atoms with Gasteiger partial charge in [-0.15, -0.1) is 11.8 Å². The molecule has 0 N–H and O–H groups in total. The number of aromatic nitrogens is 3. The molecule has 0 aliphatic carbocycles. The normalized spacial score (nSPS) is 20.9. The van der Waals surface area contributed by atoms with Gasteiger partial charge in [-0.25, -0.2) is 4.98 Å². The Morgan fingerprint density at radius 1 is 1.22 bits per heavy atom. The minimum atomic E-state index is 0.0535. The average molecular weight is 380 g/mol. The SMILES string of the molecule is O=C(c1cnc2ccccn12)N1CC2(C[C@@H](OCc3ccccn3)CS2)C1. The van der Waals surface area contributed by atoms with Crippen molar-refractivity contribution in [2.45, 2.75) is 23.9 Å². The molecule has 3 aromatic rings. The fourth-order valence-electron chi connectivity index (χ4n) is 3.86. The highest BCUT2D eigenvalue weighted by Crippen LogP contribution is 2.46. The topological polar surface area (TPSA) is 59.7 Å². The summed E-state index contributed by atoms with van der Waals surface area (Å²) < 4.78 is 8.04. The lowest BCUT2D eigenvalue weighted by molar-refractivity contribution is 0.0242. The monoisotopic (exact) mass is 380 g/mol. The number of likely N-dealkylation sites (tertiary alicyclic amines) is 1. The molecule has 1 atom stereocenters. The number of hydrogen-bond donors (Lipinski definition) is 0. The van der Waals surface area contributed by atoms with Gasteiger partial charge in [-0.2, -0.15) is 0 Å². The zero-order valence-electron chi connectivity index (χ0n) is 14.8. The lowest BCUT2D eigenvalue weighted by Gasteiger charge is -2.47. The number of ether oxygens (including phenoxy) is 1. The first kappa shape index (κ1) is 16.8. The standard InChI is InChI=1S/C20H20N4O2S/c25-19(17-10-22-18-6-2-4-8-24(17)18)23-13-20(14-23)9-16(12-27-20)26-11-15-5-1-3-7-21-15/h1-8,10,16H,9,11-14H2/t16-/m1/s1. The molecule has 27 heavy (non-hydrogen) atoms. The van der Waals surface area contributed by atoms with Crippen LogP contribution in [-0.2, 0) is 11.3 Å². The van der Waals surface area contributed by atoms with E-state index in [-0.39, 0.29) is 16.8 Å². The second-order valence-electron chi connectivity index (χ2n) is 7.19. The summed E-state index contributed by atoms with van der Waals surface area (Å²) in [5, 5.41) is 0. The smallest absolute Gasteiger partial charge is 0.272 e. The van der Waals surface area contributed by atoms with Gasteiger partial charge < -0.3 is 9.64 Å². The highest BCUT2D eigenvalue weighted by Gasteiger charge is 2.51. The van der Waals surface area contributed by atoms with Gasteiger partial charge in [0.25, 0.3) is 5.91 Å². The van der Waals surface area contributed by atoms with Crippen LogP contribution in [0.5, 0.6) is 0 Å². The maximum Gasteiger partial charge on any atom is 0.272 e. The zero-order valence-corrected chi connectivity index (χ0v) is 15.6. The molecule has 3 aromatic heterocycles. The van der Waals surface area contributed by atoms with Gasteiger partial charge in [-0.05, 0) is 30.7 Å². The summed E-state index contributed by atoms with van der Waals surface area (Å²) in [7, 11) is 0. The molecule has 0 unspecified atom stereocenters. The summed E-state index contributed by atoms with van der Waals surface area (Å²) in [6.45, 7) is 2.10. The van der Waals surface area contributed by atoms with Crippen molar-refractivity contribution in [1.82, 2.24) is 19.3 Å². The van der Waals surface area contributed by atoms with Gasteiger partial charge in [0.1, 0.15) is 11.3 Å². The first-order valence-electron chi connectivity index (χ1n) is 9.09. The van der Waals surface area contributed by atoms with Gasteiger partial charge in [-0.1, -0.05) is 12.1 Å². The summed E-state index contributed by atoms with van der Waals surface area (Å²) in [6, 6.07) is 11.6. The van der Waals surface area contributed by atoms with E-state index in [9.17, 15) is 4.79 Å². The van der Waals surface area contributed by atoms with Gasteiger partial charge >= 0.3 is 0 Å². The molecule has 0 bridgehead atoms. The summed E-state index contributed by atoms with van der Waals surface area (Å²) in [5.74, 6) is 1.03. The zero-order chi connectivity index (χ0) is 18.3. The molecule has 138 valence electrons. The first-order chi connectivity index (χ1) is 13.2. The third kappa shape index (κ3) is 3.11. The first-order valence-corrected chi connectivity index (χ1v) is 10.1. The minimum Gasteiger partial charge on any atom is -0.371 e. The van der Waals surface area contributed by atoms with Crippen molar-refractivity contribution < 1.29 is 9.53 Å². The number of nitrogens with zero attached hydrogens (tertiary/aromatic N) is 4. The van der Waals surface area contributed by atoms with E-state index in [1.165, 1.54) is 0 Å². The molecule has 2 aliphatic rings. The summed E-state index contributed by atoms with van der Waals surface area (Å²) in [6.07, 6.45) is 6.56. The van der Waals surface area contributed by atoms with Crippen molar-refractivity contribution >= 4 is 23.3 Å². The van der Waals surface area contributed by atoms with E-state index in [1.54, 1.807) is 12.4 Å². The predicted octanol–water partition coefficient (Wildman–Crippen LogP) is 2.65. The summed E-state index contributed by atoms with van der Waals surface area (Å²) >= 11 is 1.94. The maximum atomic E-state index is 12.9. The van der Waals surface area contributed by atoms with Crippen LogP contribution >= 0.6 is 11.8 Å². The van der Waals surface area contributed by atoms with Gasteiger partial charge in [-0.3, -0.25) is 14.2 Å². The van der Waals surface area contributed by atoms with Crippen LogP contribution < -0.4 is 0 Å². The number of carbonyl (C=O) groups excluding carboxylic acids is 1. The van der Waals surface area contributed by atoms with E-state index in [4.69, 9.17) is 4.74 Å². The Bertz CT molecular complexity index is 968. The predicted molar refractivity (Wildman–Crippen MR) is 104 cm³/mol. The van der Waals surface area contributed by atoms with Crippen LogP contribution in [-0.4, -0.2) is 54.9 Å². The van der Waals surface area contributed by atoms with Crippen LogP contribution in [0.25, 0.3) is 5.65 Å². The van der Waals surface area contributed by atoms with Crippen molar-refractivity contribution in [3.05, 3.63) is 66.4 Å². The van der Waals surface area contributed by atoms with Crippen molar-refractivity contribution in [3.8, 4) is 0 Å². The highest BCUT2D eigenvalue weighted by atomic mass is 32.2. The lowest BCUT2D eigenvalue weighted by Crippen LogP contribution is -2.60. The van der Waals surface area contributed by atoms with Gasteiger partial charge in [0, 0.05) is 31.2 Å². The molecule has 5 heterocycles. The number of hydrogen-bond acceptors (Lipinski definition) is 5. The second kappa shape index (κ2) is 6.65. The molecule has 2 saturated heterocycles. The number of thioether (sulfide) groups is 1. The summed E-state index contributed by atoms with van der Waals surface area (Å²) in [5.41, 5.74) is 2.39. The molecular formula is C20H20N4O2S. The van der Waals surface area contributed by atoms with Crippen molar-refractivity contribution in [3.63, 3.8) is 0 Å². The molecule has 6 nitrogen and oxygen atoms in total. The second-order valence-corrected chi connectivity index (χ2v) is 8.67. The Balaban J connectivity index is 1.19. The lowest BCUT2D eigenvalue weighted by atomic mass is 9.92. The fraction of sp³-hybridized carbons (Fsp3) is 0.350. The van der Waals surface area contributed by atoms with Crippen LogP contribution in [0.3, 0.4) is 0 Å². The Hall–Kier alpha value is -2.38. The van der Waals surface area contributed by atoms with Crippen LogP contribution in [0.1, 0.15) is 22.6 Å². The number of carbonyl (C=O) groups is 1. The van der Waals surface area contributed by atoms with Crippen LogP contribution in [0, 0.1) is 0 Å². The molecule has 0 saturated carbocycles. The van der Waals surface area contributed by atoms with E-state index in [0.29, 0.717) is 12.3 Å². The number of pyridine rings is 2. The Labute approximate surface area is 161 Å². The number of imidazole rings is 1. The number of amides is 1. The van der Waals surface area contributed by atoms with Crippen LogP contribution in [0.15, 0.2) is 55.0 Å². The Morgan fingerprint density at radius 3 is 2.96 bits per heavy atom. The van der Waals surface area contributed by atoms with E-state index in [2.05, 4.69) is 9.97 Å². The molecule has 1 spiro atoms. The van der Waals surface area contributed by atoms with E-state index >= 15 is 0 Å². The average Bonchev–Trinajstić information content (AvgIpc) is 3.30. The van der Waals surface area contributed by atoms with Crippen molar-refractivity contribution in [2.75, 3.05) is 18.8 Å². The van der Waals surface area contributed by atoms with Gasteiger partial charge in [0.05, 0.1) is 29.3 Å². The molecule has 7 heteroatoms. The van der Waals surface area contributed by atoms with Crippen molar-refractivity contribution in [1.29, 1.82) is 0 Å². The molecule has 0 radical (unpaired) electrons. The van der Waals surface area contributed by atoms with Crippen LogP contribution in [0.2, 0.25) is 0 Å².